The lowest BCUT2D eigenvalue weighted by atomic mass is 10.1. The maximum absolute atomic E-state index is 11.8. The normalized spacial score (nSPS) is 21.1. The Morgan fingerprint density at radius 1 is 1.62 bits per heavy atom. The average Bonchev–Trinajstić information content (AvgIpc) is 2.78. The molecule has 1 saturated heterocycles. The number of piperidine rings is 1. The molecule has 1 aliphatic heterocycles. The topological polar surface area (TPSA) is 56.3 Å². The predicted octanol–water partition coefficient (Wildman–Crippen LogP) is 0.931. The second-order valence-electron chi connectivity index (χ2n) is 4.36. The van der Waals surface area contributed by atoms with E-state index in [0.717, 1.165) is 31.4 Å². The number of aromatic nitrogens is 1. The third kappa shape index (κ3) is 2.85. The molecule has 0 spiro atoms. The fourth-order valence-electron chi connectivity index (χ4n) is 2.10. The Hall–Kier alpha value is -1.29. The summed E-state index contributed by atoms with van der Waals surface area (Å²) in [5.41, 5.74) is 1.16. The van der Waals surface area contributed by atoms with Crippen LogP contribution in [0.1, 0.15) is 24.8 Å². The van der Waals surface area contributed by atoms with Crippen LogP contribution in [0.4, 0.5) is 0 Å². The molecule has 1 aromatic heterocycles. The van der Waals surface area contributed by atoms with Gasteiger partial charge < -0.3 is 15.0 Å². The molecule has 0 bridgehead atoms. The van der Waals surface area contributed by atoms with E-state index in [2.05, 4.69) is 4.98 Å². The van der Waals surface area contributed by atoms with E-state index in [1.165, 1.54) is 0 Å². The van der Waals surface area contributed by atoms with Crippen LogP contribution < -0.4 is 0 Å². The maximum atomic E-state index is 11.8. The van der Waals surface area contributed by atoms with Gasteiger partial charge in [0.1, 0.15) is 0 Å². The van der Waals surface area contributed by atoms with E-state index < -0.39 is 0 Å². The number of hydrogen-bond acceptors (Lipinski definition) is 2. The summed E-state index contributed by atoms with van der Waals surface area (Å²) in [6.07, 6.45) is 6.49. The van der Waals surface area contributed by atoms with Crippen molar-refractivity contribution in [1.29, 1.82) is 0 Å². The van der Waals surface area contributed by atoms with E-state index in [1.54, 1.807) is 4.90 Å². The van der Waals surface area contributed by atoms with Crippen molar-refractivity contribution in [2.24, 2.45) is 0 Å². The number of nitrogens with one attached hydrogen (secondary N) is 1. The average molecular weight is 222 g/mol. The highest BCUT2D eigenvalue weighted by Crippen LogP contribution is 2.12. The summed E-state index contributed by atoms with van der Waals surface area (Å²) in [6, 6.07) is 1.98. The third-order valence-electron chi connectivity index (χ3n) is 3.04. The number of carbonyl (C=O) groups excluding carboxylic acids is 1. The third-order valence-corrected chi connectivity index (χ3v) is 3.04. The highest BCUT2D eigenvalue weighted by Gasteiger charge is 2.21. The van der Waals surface area contributed by atoms with Crippen molar-refractivity contribution in [3.8, 4) is 0 Å². The summed E-state index contributed by atoms with van der Waals surface area (Å²) in [4.78, 5) is 16.6. The fraction of sp³-hybridized carbons (Fsp3) is 0.583. The Morgan fingerprint density at radius 3 is 3.19 bits per heavy atom. The zero-order valence-electron chi connectivity index (χ0n) is 9.35. The minimum atomic E-state index is -0.329. The number of amides is 1. The zero-order chi connectivity index (χ0) is 11.4. The van der Waals surface area contributed by atoms with Crippen molar-refractivity contribution in [3.05, 3.63) is 24.0 Å². The molecule has 88 valence electrons. The Kier molecular flexibility index (Phi) is 3.62. The summed E-state index contributed by atoms with van der Waals surface area (Å²) in [5, 5.41) is 9.48. The molecule has 0 aromatic carbocycles. The first-order valence-electron chi connectivity index (χ1n) is 5.83. The number of likely N-dealkylation sites (tertiary alicyclic amines) is 1. The SMILES string of the molecule is O=C(CCc1cc[nH]c1)N1CCCC(O)C1. The largest absolute Gasteiger partial charge is 0.391 e. The Morgan fingerprint density at radius 2 is 2.50 bits per heavy atom. The molecule has 1 aromatic rings. The van der Waals surface area contributed by atoms with Gasteiger partial charge in [-0.1, -0.05) is 0 Å². The molecular formula is C12H18N2O2. The minimum Gasteiger partial charge on any atom is -0.391 e. The van der Waals surface area contributed by atoms with Gasteiger partial charge in [0.2, 0.25) is 5.91 Å². The first-order chi connectivity index (χ1) is 7.75. The molecule has 0 aliphatic carbocycles. The van der Waals surface area contributed by atoms with E-state index >= 15 is 0 Å². The van der Waals surface area contributed by atoms with Gasteiger partial charge in [-0.2, -0.15) is 0 Å². The molecule has 16 heavy (non-hydrogen) atoms. The quantitative estimate of drug-likeness (QED) is 0.799. The Balaban J connectivity index is 1.79. The van der Waals surface area contributed by atoms with E-state index in [4.69, 9.17) is 0 Å². The number of nitrogens with zero attached hydrogens (tertiary/aromatic N) is 1. The summed E-state index contributed by atoms with van der Waals surface area (Å²) in [7, 11) is 0. The second-order valence-corrected chi connectivity index (χ2v) is 4.36. The molecule has 0 radical (unpaired) electrons. The zero-order valence-corrected chi connectivity index (χ0v) is 9.35. The molecule has 2 N–H and O–H groups in total. The Labute approximate surface area is 95.3 Å². The monoisotopic (exact) mass is 222 g/mol. The van der Waals surface area contributed by atoms with Crippen LogP contribution in [0.25, 0.3) is 0 Å². The Bertz CT molecular complexity index is 335. The van der Waals surface area contributed by atoms with Crippen LogP contribution >= 0.6 is 0 Å². The maximum Gasteiger partial charge on any atom is 0.222 e. The highest BCUT2D eigenvalue weighted by molar-refractivity contribution is 5.76. The van der Waals surface area contributed by atoms with Crippen molar-refractivity contribution in [1.82, 2.24) is 9.88 Å². The van der Waals surface area contributed by atoms with Crippen LogP contribution in [0.2, 0.25) is 0 Å². The number of rotatable bonds is 3. The van der Waals surface area contributed by atoms with Gasteiger partial charge in [-0.25, -0.2) is 0 Å². The van der Waals surface area contributed by atoms with Gasteiger partial charge >= 0.3 is 0 Å². The second kappa shape index (κ2) is 5.16. The molecule has 0 saturated carbocycles. The van der Waals surface area contributed by atoms with Gasteiger partial charge in [0.25, 0.3) is 0 Å². The number of β-amino-alcohol motifs (C(OH)–C–C–N with tert-alkyl or cyclic N) is 1. The summed E-state index contributed by atoms with van der Waals surface area (Å²) in [5.74, 6) is 0.153. The number of aliphatic hydroxyl groups is 1. The summed E-state index contributed by atoms with van der Waals surface area (Å²) >= 11 is 0. The van der Waals surface area contributed by atoms with Crippen LogP contribution in [-0.2, 0) is 11.2 Å². The van der Waals surface area contributed by atoms with Gasteiger partial charge in [0.15, 0.2) is 0 Å². The van der Waals surface area contributed by atoms with Crippen LogP contribution in [0, 0.1) is 0 Å². The molecule has 1 aliphatic rings. The number of hydrogen-bond donors (Lipinski definition) is 2. The van der Waals surface area contributed by atoms with Gasteiger partial charge in [0.05, 0.1) is 6.10 Å². The number of H-pyrrole nitrogens is 1. The molecule has 4 nitrogen and oxygen atoms in total. The van der Waals surface area contributed by atoms with Gasteiger partial charge in [-0.05, 0) is 30.9 Å². The molecule has 1 atom stereocenters. The standard InChI is InChI=1S/C12H18N2O2/c15-11-2-1-7-14(9-11)12(16)4-3-10-5-6-13-8-10/h5-6,8,11,13,15H,1-4,7,9H2. The first-order valence-corrected chi connectivity index (χ1v) is 5.83. The van der Waals surface area contributed by atoms with Crippen LogP contribution in [-0.4, -0.2) is 40.1 Å². The van der Waals surface area contributed by atoms with Gasteiger partial charge in [-0.3, -0.25) is 4.79 Å². The van der Waals surface area contributed by atoms with Crippen LogP contribution in [0.5, 0.6) is 0 Å². The van der Waals surface area contributed by atoms with E-state index in [1.807, 2.05) is 18.5 Å². The van der Waals surface area contributed by atoms with Gasteiger partial charge in [-0.15, -0.1) is 0 Å². The molecule has 4 heteroatoms. The van der Waals surface area contributed by atoms with Gasteiger partial charge in [0, 0.05) is 31.9 Å². The smallest absolute Gasteiger partial charge is 0.222 e. The van der Waals surface area contributed by atoms with Crippen molar-refractivity contribution >= 4 is 5.91 Å². The first kappa shape index (κ1) is 11.2. The molecule has 2 heterocycles. The molecule has 1 amide bonds. The van der Waals surface area contributed by atoms with Crippen molar-refractivity contribution in [2.45, 2.75) is 31.8 Å². The summed E-state index contributed by atoms with van der Waals surface area (Å²) < 4.78 is 0. The molecule has 1 fully saturated rings. The van der Waals surface area contributed by atoms with Crippen molar-refractivity contribution in [2.75, 3.05) is 13.1 Å². The highest BCUT2D eigenvalue weighted by atomic mass is 16.3. The lowest BCUT2D eigenvalue weighted by molar-refractivity contribution is -0.134. The number of aliphatic hydroxyl groups excluding tert-OH is 1. The summed E-state index contributed by atoms with van der Waals surface area (Å²) in [6.45, 7) is 1.30. The van der Waals surface area contributed by atoms with Crippen LogP contribution in [0.3, 0.4) is 0 Å². The molecule has 1 unspecified atom stereocenters. The fourth-order valence-corrected chi connectivity index (χ4v) is 2.10. The number of aryl methyl sites for hydroxylation is 1. The number of aromatic amines is 1. The van der Waals surface area contributed by atoms with E-state index in [9.17, 15) is 9.90 Å². The lowest BCUT2D eigenvalue weighted by Gasteiger charge is -2.30. The van der Waals surface area contributed by atoms with E-state index in [0.29, 0.717) is 13.0 Å². The van der Waals surface area contributed by atoms with Crippen molar-refractivity contribution < 1.29 is 9.90 Å². The minimum absolute atomic E-state index is 0.153. The number of carbonyl (C=O) groups is 1. The predicted molar refractivity (Wildman–Crippen MR) is 60.9 cm³/mol. The van der Waals surface area contributed by atoms with Crippen LogP contribution in [0.15, 0.2) is 18.5 Å². The van der Waals surface area contributed by atoms with Crippen molar-refractivity contribution in [3.63, 3.8) is 0 Å². The lowest BCUT2D eigenvalue weighted by Crippen LogP contribution is -2.42. The van der Waals surface area contributed by atoms with E-state index in [-0.39, 0.29) is 12.0 Å². The molecule has 2 rings (SSSR count). The molecular weight excluding hydrogens is 204 g/mol.